The van der Waals surface area contributed by atoms with Crippen molar-refractivity contribution in [2.45, 2.75) is 46.6 Å². The van der Waals surface area contributed by atoms with Crippen molar-refractivity contribution in [3.05, 3.63) is 29.3 Å². The average Bonchev–Trinajstić information content (AvgIpc) is 2.46. The summed E-state index contributed by atoms with van der Waals surface area (Å²) in [5.74, 6) is 0. The van der Waals surface area contributed by atoms with Crippen LogP contribution in [0.5, 0.6) is 0 Å². The molecule has 0 aliphatic carbocycles. The van der Waals surface area contributed by atoms with Crippen LogP contribution >= 0.6 is 0 Å². The lowest BCUT2D eigenvalue weighted by Crippen LogP contribution is -2.25. The molecule has 0 atom stereocenters. The van der Waals surface area contributed by atoms with Crippen LogP contribution < -0.4 is 5.73 Å². The zero-order valence-electron chi connectivity index (χ0n) is 12.0. The van der Waals surface area contributed by atoms with E-state index in [-0.39, 0.29) is 0 Å². The molecular formula is C16H26N2. The first kappa shape index (κ1) is 13.4. The molecule has 18 heavy (non-hydrogen) atoms. The molecule has 0 spiro atoms. The Kier molecular flexibility index (Phi) is 3.96. The van der Waals surface area contributed by atoms with E-state index in [2.05, 4.69) is 43.9 Å². The molecule has 0 radical (unpaired) electrons. The van der Waals surface area contributed by atoms with Gasteiger partial charge in [0.05, 0.1) is 0 Å². The molecule has 1 aliphatic heterocycles. The van der Waals surface area contributed by atoms with Crippen LogP contribution in [0.15, 0.2) is 18.2 Å². The fourth-order valence-corrected chi connectivity index (χ4v) is 2.68. The van der Waals surface area contributed by atoms with E-state index in [1.54, 1.807) is 0 Å². The Morgan fingerprint density at radius 3 is 2.72 bits per heavy atom. The van der Waals surface area contributed by atoms with Gasteiger partial charge in [-0.25, -0.2) is 0 Å². The molecule has 2 rings (SSSR count). The van der Waals surface area contributed by atoms with Crippen LogP contribution in [0.4, 0.5) is 5.69 Å². The number of likely N-dealkylation sites (tertiary alicyclic amines) is 1. The Bertz CT molecular complexity index is 410. The lowest BCUT2D eigenvalue weighted by atomic mass is 9.85. The zero-order chi connectivity index (χ0) is 13.2. The van der Waals surface area contributed by atoms with Gasteiger partial charge in [-0.15, -0.1) is 0 Å². The minimum absolute atomic E-state index is 0.515. The predicted octanol–water partition coefficient (Wildman–Crippen LogP) is 3.59. The van der Waals surface area contributed by atoms with Gasteiger partial charge in [0.25, 0.3) is 0 Å². The molecule has 2 N–H and O–H groups in total. The lowest BCUT2D eigenvalue weighted by molar-refractivity contribution is 0.256. The van der Waals surface area contributed by atoms with E-state index in [1.807, 2.05) is 0 Å². The second-order valence-corrected chi connectivity index (χ2v) is 6.48. The molecule has 0 aromatic heterocycles. The third-order valence-electron chi connectivity index (χ3n) is 4.18. The number of anilines is 1. The summed E-state index contributed by atoms with van der Waals surface area (Å²) in [5.41, 5.74) is 9.94. The highest BCUT2D eigenvalue weighted by atomic mass is 15.1. The molecule has 1 aromatic carbocycles. The van der Waals surface area contributed by atoms with Crippen molar-refractivity contribution in [1.29, 1.82) is 0 Å². The van der Waals surface area contributed by atoms with Crippen LogP contribution in [0.1, 0.15) is 44.2 Å². The molecule has 1 saturated heterocycles. The van der Waals surface area contributed by atoms with Gasteiger partial charge in [0.2, 0.25) is 0 Å². The van der Waals surface area contributed by atoms with E-state index in [0.717, 1.165) is 12.2 Å². The van der Waals surface area contributed by atoms with Crippen LogP contribution in [0.3, 0.4) is 0 Å². The number of hydrogen-bond donors (Lipinski definition) is 1. The van der Waals surface area contributed by atoms with E-state index in [0.29, 0.717) is 5.41 Å². The molecule has 1 heterocycles. The molecule has 0 amide bonds. The van der Waals surface area contributed by atoms with Crippen molar-refractivity contribution in [2.75, 3.05) is 18.8 Å². The van der Waals surface area contributed by atoms with Gasteiger partial charge in [-0.2, -0.15) is 0 Å². The first-order valence-electron chi connectivity index (χ1n) is 7.04. The Balaban J connectivity index is 1.98. The largest absolute Gasteiger partial charge is 0.399 e. The summed E-state index contributed by atoms with van der Waals surface area (Å²) in [5, 5.41) is 0. The lowest BCUT2D eigenvalue weighted by Gasteiger charge is -2.23. The van der Waals surface area contributed by atoms with Crippen LogP contribution in [-0.2, 0) is 6.54 Å². The van der Waals surface area contributed by atoms with Gasteiger partial charge in [0.1, 0.15) is 0 Å². The molecule has 1 aromatic rings. The predicted molar refractivity (Wildman–Crippen MR) is 78.5 cm³/mol. The van der Waals surface area contributed by atoms with E-state index in [9.17, 15) is 0 Å². The molecule has 2 heteroatoms. The van der Waals surface area contributed by atoms with Gasteiger partial charge >= 0.3 is 0 Å². The number of hydrogen-bond acceptors (Lipinski definition) is 2. The minimum atomic E-state index is 0.515. The van der Waals surface area contributed by atoms with Crippen molar-refractivity contribution in [3.63, 3.8) is 0 Å². The molecule has 1 fully saturated rings. The van der Waals surface area contributed by atoms with Crippen molar-refractivity contribution in [3.8, 4) is 0 Å². The quantitative estimate of drug-likeness (QED) is 0.808. The van der Waals surface area contributed by atoms with Crippen molar-refractivity contribution < 1.29 is 0 Å². The molecule has 2 nitrogen and oxygen atoms in total. The van der Waals surface area contributed by atoms with E-state index in [4.69, 9.17) is 5.73 Å². The van der Waals surface area contributed by atoms with E-state index < -0.39 is 0 Å². The average molecular weight is 246 g/mol. The highest BCUT2D eigenvalue weighted by Gasteiger charge is 2.22. The van der Waals surface area contributed by atoms with Gasteiger partial charge in [0.15, 0.2) is 0 Å². The Hall–Kier alpha value is -1.02. The summed E-state index contributed by atoms with van der Waals surface area (Å²) in [6, 6.07) is 6.47. The zero-order valence-corrected chi connectivity index (χ0v) is 12.0. The molecule has 100 valence electrons. The summed E-state index contributed by atoms with van der Waals surface area (Å²) < 4.78 is 0. The van der Waals surface area contributed by atoms with Crippen LogP contribution in [0.25, 0.3) is 0 Å². The number of nitrogen functional groups attached to an aromatic ring is 1. The number of nitrogens with zero attached hydrogens (tertiary/aromatic N) is 1. The maximum atomic E-state index is 5.98. The first-order chi connectivity index (χ1) is 8.46. The fraction of sp³-hybridized carbons (Fsp3) is 0.625. The van der Waals surface area contributed by atoms with E-state index >= 15 is 0 Å². The number of rotatable bonds is 2. The van der Waals surface area contributed by atoms with Gasteiger partial charge in [-0.1, -0.05) is 26.0 Å². The van der Waals surface area contributed by atoms with E-state index in [1.165, 1.54) is 43.5 Å². The van der Waals surface area contributed by atoms with Crippen LogP contribution in [0.2, 0.25) is 0 Å². The molecular weight excluding hydrogens is 220 g/mol. The van der Waals surface area contributed by atoms with Gasteiger partial charge in [-0.3, -0.25) is 4.90 Å². The first-order valence-corrected chi connectivity index (χ1v) is 7.04. The Labute approximate surface area is 111 Å². The fourth-order valence-electron chi connectivity index (χ4n) is 2.68. The second-order valence-electron chi connectivity index (χ2n) is 6.48. The third-order valence-corrected chi connectivity index (χ3v) is 4.18. The molecule has 0 bridgehead atoms. The third kappa shape index (κ3) is 3.49. The minimum Gasteiger partial charge on any atom is -0.399 e. The summed E-state index contributed by atoms with van der Waals surface area (Å²) in [6.07, 6.45) is 3.96. The monoisotopic (exact) mass is 246 g/mol. The topological polar surface area (TPSA) is 29.3 Å². The SMILES string of the molecule is Cc1ccc(CN2CCCC(C)(C)CC2)cc1N. The smallest absolute Gasteiger partial charge is 0.0346 e. The highest BCUT2D eigenvalue weighted by Crippen LogP contribution is 2.30. The second kappa shape index (κ2) is 5.31. The molecule has 0 unspecified atom stereocenters. The summed E-state index contributed by atoms with van der Waals surface area (Å²) in [7, 11) is 0. The number of nitrogens with two attached hydrogens (primary N) is 1. The van der Waals surface area contributed by atoms with Crippen molar-refractivity contribution >= 4 is 5.69 Å². The normalized spacial score (nSPS) is 20.6. The summed E-state index contributed by atoms with van der Waals surface area (Å²) in [6.45, 7) is 10.3. The summed E-state index contributed by atoms with van der Waals surface area (Å²) in [4.78, 5) is 2.57. The Morgan fingerprint density at radius 1 is 1.22 bits per heavy atom. The van der Waals surface area contributed by atoms with Crippen LogP contribution in [0, 0.1) is 12.3 Å². The Morgan fingerprint density at radius 2 is 2.00 bits per heavy atom. The van der Waals surface area contributed by atoms with Crippen LogP contribution in [-0.4, -0.2) is 18.0 Å². The van der Waals surface area contributed by atoms with Crippen molar-refractivity contribution in [1.82, 2.24) is 4.90 Å². The summed E-state index contributed by atoms with van der Waals surface area (Å²) >= 11 is 0. The molecule has 1 aliphatic rings. The molecule has 0 saturated carbocycles. The van der Waals surface area contributed by atoms with Gasteiger partial charge < -0.3 is 5.73 Å². The highest BCUT2D eigenvalue weighted by molar-refractivity contribution is 5.48. The maximum Gasteiger partial charge on any atom is 0.0346 e. The maximum absolute atomic E-state index is 5.98. The number of benzene rings is 1. The van der Waals surface area contributed by atoms with Gasteiger partial charge in [-0.05, 0) is 61.9 Å². The van der Waals surface area contributed by atoms with Gasteiger partial charge in [0, 0.05) is 12.2 Å². The number of aryl methyl sites for hydroxylation is 1. The standard InChI is InChI=1S/C16H26N2/c1-13-5-6-14(11-15(13)17)12-18-9-4-7-16(2,3)8-10-18/h5-6,11H,4,7-10,12,17H2,1-3H3. The van der Waals surface area contributed by atoms with Crippen molar-refractivity contribution in [2.24, 2.45) is 5.41 Å².